The lowest BCUT2D eigenvalue weighted by Gasteiger charge is -2.29. The average Bonchev–Trinajstić information content (AvgIpc) is 3.69. The molecule has 41 heavy (non-hydrogen) atoms. The van der Waals surface area contributed by atoms with Crippen molar-refractivity contribution in [2.24, 2.45) is 5.73 Å². The zero-order chi connectivity index (χ0) is 29.2. The number of hydrogen-bond donors (Lipinski definition) is 2. The van der Waals surface area contributed by atoms with Crippen LogP contribution in [0.2, 0.25) is 0 Å². The van der Waals surface area contributed by atoms with Gasteiger partial charge in [0.1, 0.15) is 24.0 Å². The van der Waals surface area contributed by atoms with Crippen LogP contribution < -0.4 is 15.8 Å². The number of rotatable bonds is 7. The number of ether oxygens (including phenoxy) is 1. The molecule has 1 saturated heterocycles. The first-order valence-corrected chi connectivity index (χ1v) is 15.5. The third-order valence-corrected chi connectivity index (χ3v) is 8.91. The first-order valence-electron chi connectivity index (χ1n) is 15.5. The predicted octanol–water partition coefficient (Wildman–Crippen LogP) is 7.34. The Morgan fingerprint density at radius 1 is 1.05 bits per heavy atom. The number of halogens is 2. The molecule has 1 unspecified atom stereocenters. The summed E-state index contributed by atoms with van der Waals surface area (Å²) < 4.78 is 33.8. The van der Waals surface area contributed by atoms with Gasteiger partial charge in [-0.3, -0.25) is 4.79 Å². The summed E-state index contributed by atoms with van der Waals surface area (Å²) in [6, 6.07) is 11.0. The van der Waals surface area contributed by atoms with Crippen LogP contribution in [0.1, 0.15) is 107 Å². The van der Waals surface area contributed by atoms with E-state index in [1.165, 1.54) is 38.5 Å². The van der Waals surface area contributed by atoms with Crippen LogP contribution in [0.4, 0.5) is 8.78 Å². The molecule has 2 aromatic rings. The highest BCUT2D eigenvalue weighted by Crippen LogP contribution is 2.45. The van der Waals surface area contributed by atoms with E-state index in [9.17, 15) is 18.4 Å². The minimum Gasteiger partial charge on any atom is -0.490 e. The Labute approximate surface area is 243 Å². The van der Waals surface area contributed by atoms with Gasteiger partial charge in [-0.25, -0.2) is 8.78 Å². The van der Waals surface area contributed by atoms with Gasteiger partial charge in [0.05, 0.1) is 12.5 Å². The molecule has 1 aliphatic heterocycles. The van der Waals surface area contributed by atoms with Gasteiger partial charge in [-0.2, -0.15) is 0 Å². The van der Waals surface area contributed by atoms with Crippen molar-refractivity contribution < 1.29 is 23.1 Å². The topological polar surface area (TPSA) is 81.4 Å². The molecular formula is C34H46F2N2O3. The summed E-state index contributed by atoms with van der Waals surface area (Å²) >= 11 is 0. The molecule has 1 atom stereocenters. The maximum atomic E-state index is 14.7. The highest BCUT2D eigenvalue weighted by molar-refractivity contribution is 5.79. The molecule has 1 amide bonds. The maximum absolute atomic E-state index is 14.7. The highest BCUT2D eigenvalue weighted by Gasteiger charge is 2.40. The fourth-order valence-corrected chi connectivity index (χ4v) is 6.60. The van der Waals surface area contributed by atoms with Gasteiger partial charge < -0.3 is 20.6 Å². The summed E-state index contributed by atoms with van der Waals surface area (Å²) in [5.41, 5.74) is 9.01. The van der Waals surface area contributed by atoms with Crippen molar-refractivity contribution in [1.82, 2.24) is 5.32 Å². The number of nitrogens with two attached hydrogens (primary N) is 1. The van der Waals surface area contributed by atoms with E-state index in [-0.39, 0.29) is 35.7 Å². The molecule has 4 fully saturated rings. The summed E-state index contributed by atoms with van der Waals surface area (Å²) in [6.45, 7) is 2.41. The number of carbonyl (C=O) groups excluding carboxylic acids is 2. The summed E-state index contributed by atoms with van der Waals surface area (Å²) in [5.74, 6) is 0.523. The van der Waals surface area contributed by atoms with Crippen LogP contribution in [0.3, 0.4) is 0 Å². The third-order valence-electron chi connectivity index (χ3n) is 8.91. The van der Waals surface area contributed by atoms with Crippen molar-refractivity contribution in [1.29, 1.82) is 0 Å². The number of alkyl halides is 1. The van der Waals surface area contributed by atoms with Crippen LogP contribution in [0.5, 0.6) is 5.75 Å². The van der Waals surface area contributed by atoms with Crippen LogP contribution in [-0.2, 0) is 16.0 Å². The van der Waals surface area contributed by atoms with Gasteiger partial charge >= 0.3 is 0 Å². The van der Waals surface area contributed by atoms with E-state index in [2.05, 4.69) is 5.32 Å². The summed E-state index contributed by atoms with van der Waals surface area (Å²) in [5, 5.41) is 3.31. The monoisotopic (exact) mass is 568 g/mol. The fraction of sp³-hybridized carbons (Fsp3) is 0.588. The molecule has 2 aromatic carbocycles. The van der Waals surface area contributed by atoms with Gasteiger partial charge in [0.25, 0.3) is 0 Å². The number of benzene rings is 2. The average molecular weight is 569 g/mol. The number of amides is 1. The molecule has 3 aliphatic carbocycles. The van der Waals surface area contributed by atoms with Gasteiger partial charge in [-0.1, -0.05) is 44.4 Å². The number of primary amides is 1. The molecule has 6 rings (SSSR count). The van der Waals surface area contributed by atoms with Gasteiger partial charge in [-0.15, -0.1) is 0 Å². The van der Waals surface area contributed by atoms with E-state index in [1.54, 1.807) is 12.1 Å². The Bertz CT molecular complexity index is 1150. The normalized spacial score (nSPS) is 21.4. The molecule has 0 aromatic heterocycles. The van der Waals surface area contributed by atoms with E-state index in [1.807, 2.05) is 31.2 Å². The SMILES string of the molecule is CCC=O.FC1CNC2(CCCC2)C1.NC(=O)Cc1ccc(OC2CCCC2)c(-c2cccc(F)c2C2CCC2)c1. The van der Waals surface area contributed by atoms with Crippen molar-refractivity contribution in [3.63, 3.8) is 0 Å². The second kappa shape index (κ2) is 14.9. The molecular weight excluding hydrogens is 522 g/mol. The van der Waals surface area contributed by atoms with Crippen molar-refractivity contribution in [3.8, 4) is 16.9 Å². The molecule has 3 saturated carbocycles. The minimum absolute atomic E-state index is 0.149. The number of carbonyl (C=O) groups is 2. The minimum atomic E-state index is -0.571. The standard InChI is InChI=1S/C23H26FNO2.C8H14FN.C3H6O/c24-20-10-4-9-18(23(20)16-5-3-6-16)19-13-15(14-22(25)26)11-12-21(19)27-17-7-1-2-8-17;9-7-5-8(10-6-7)3-1-2-4-8;1-2-3-4/h4,9-13,16-17H,1-3,5-8,14H2,(H2,25,26);7,10H,1-6H2;3H,2H2,1H3. The Morgan fingerprint density at radius 3 is 2.32 bits per heavy atom. The van der Waals surface area contributed by atoms with Gasteiger partial charge in [0.2, 0.25) is 5.91 Å². The van der Waals surface area contributed by atoms with Gasteiger partial charge in [0, 0.05) is 24.1 Å². The molecule has 7 heteroatoms. The van der Waals surface area contributed by atoms with E-state index in [0.717, 1.165) is 72.8 Å². The Morgan fingerprint density at radius 2 is 1.76 bits per heavy atom. The molecule has 1 spiro atoms. The largest absolute Gasteiger partial charge is 0.490 e. The molecule has 0 bridgehead atoms. The summed E-state index contributed by atoms with van der Waals surface area (Å²) in [7, 11) is 0. The summed E-state index contributed by atoms with van der Waals surface area (Å²) in [6.07, 6.45) is 14.8. The van der Waals surface area contributed by atoms with E-state index >= 15 is 0 Å². The lowest BCUT2D eigenvalue weighted by Crippen LogP contribution is -2.35. The van der Waals surface area contributed by atoms with Crippen LogP contribution >= 0.6 is 0 Å². The molecule has 1 heterocycles. The Hall–Kier alpha value is -2.80. The maximum Gasteiger partial charge on any atom is 0.221 e. The third kappa shape index (κ3) is 8.37. The first-order chi connectivity index (χ1) is 19.8. The molecule has 3 N–H and O–H groups in total. The number of aldehydes is 1. The van der Waals surface area contributed by atoms with Crippen molar-refractivity contribution in [3.05, 3.63) is 53.3 Å². The lowest BCUT2D eigenvalue weighted by atomic mass is 9.76. The zero-order valence-electron chi connectivity index (χ0n) is 24.4. The molecule has 5 nitrogen and oxygen atoms in total. The van der Waals surface area contributed by atoms with Crippen LogP contribution in [-0.4, -0.2) is 36.6 Å². The van der Waals surface area contributed by atoms with Crippen LogP contribution in [0.25, 0.3) is 11.1 Å². The molecule has 4 aliphatic rings. The van der Waals surface area contributed by atoms with Gasteiger partial charge in [-0.05, 0) is 98.6 Å². The van der Waals surface area contributed by atoms with Crippen LogP contribution in [0, 0.1) is 5.82 Å². The smallest absolute Gasteiger partial charge is 0.221 e. The molecule has 0 radical (unpaired) electrons. The lowest BCUT2D eigenvalue weighted by molar-refractivity contribution is -0.117. The van der Waals surface area contributed by atoms with Crippen molar-refractivity contribution in [2.45, 2.75) is 121 Å². The van der Waals surface area contributed by atoms with Crippen molar-refractivity contribution in [2.75, 3.05) is 6.54 Å². The predicted molar refractivity (Wildman–Crippen MR) is 159 cm³/mol. The van der Waals surface area contributed by atoms with Crippen molar-refractivity contribution >= 4 is 12.2 Å². The van der Waals surface area contributed by atoms with E-state index in [0.29, 0.717) is 13.0 Å². The van der Waals surface area contributed by atoms with Gasteiger partial charge in [0.15, 0.2) is 0 Å². The Kier molecular flexibility index (Phi) is 11.3. The number of nitrogens with one attached hydrogen (secondary N) is 1. The molecule has 224 valence electrons. The highest BCUT2D eigenvalue weighted by atomic mass is 19.1. The fourth-order valence-electron chi connectivity index (χ4n) is 6.60. The quantitative estimate of drug-likeness (QED) is 0.343. The Balaban J connectivity index is 0.000000227. The van der Waals surface area contributed by atoms with E-state index < -0.39 is 6.17 Å². The zero-order valence-corrected chi connectivity index (χ0v) is 24.4. The van der Waals surface area contributed by atoms with Crippen LogP contribution in [0.15, 0.2) is 36.4 Å². The van der Waals surface area contributed by atoms with E-state index in [4.69, 9.17) is 10.5 Å². The number of hydrogen-bond acceptors (Lipinski definition) is 4. The second-order valence-electron chi connectivity index (χ2n) is 12.1. The first kappa shape index (κ1) is 31.1. The second-order valence-corrected chi connectivity index (χ2v) is 12.1. The summed E-state index contributed by atoms with van der Waals surface area (Å²) in [4.78, 5) is 20.6.